The number of carbonyl (C=O) groups excluding carboxylic acids is 3. The van der Waals surface area contributed by atoms with Crippen LogP contribution in [0, 0.1) is 11.8 Å². The average Bonchev–Trinajstić information content (AvgIpc) is 3.19. The van der Waals surface area contributed by atoms with E-state index in [1.807, 2.05) is 0 Å². The maximum atomic E-state index is 12.7. The molecule has 0 aromatic heterocycles. The fourth-order valence-electron chi connectivity index (χ4n) is 7.60. The SMILES string of the molecule is CCCCCCCCCC(=O)OC[C@@H](COC(=O)CCCCCCCCCCCCCCCCC(C)CC)OC(=O)CCCCCCCCCCCCCC(C)C. The van der Waals surface area contributed by atoms with Gasteiger partial charge in [-0.2, -0.15) is 0 Å². The van der Waals surface area contributed by atoms with E-state index in [-0.39, 0.29) is 31.1 Å². The summed E-state index contributed by atoms with van der Waals surface area (Å²) >= 11 is 0. The van der Waals surface area contributed by atoms with Crippen molar-refractivity contribution in [3.8, 4) is 0 Å². The fraction of sp³-hybridized carbons (Fsp3) is 0.941. The zero-order valence-corrected chi connectivity index (χ0v) is 39.0. The minimum absolute atomic E-state index is 0.0642. The van der Waals surface area contributed by atoms with E-state index < -0.39 is 6.10 Å². The Morgan fingerprint density at radius 2 is 0.667 bits per heavy atom. The predicted octanol–water partition coefficient (Wildman–Crippen LogP) is 16.1. The zero-order chi connectivity index (χ0) is 41.9. The highest BCUT2D eigenvalue weighted by Gasteiger charge is 2.19. The quantitative estimate of drug-likeness (QED) is 0.0346. The third kappa shape index (κ3) is 43.8. The molecule has 0 aliphatic heterocycles. The molecule has 0 radical (unpaired) electrons. The monoisotopic (exact) mass is 807 g/mol. The Kier molecular flexibility index (Phi) is 42.7. The third-order valence-corrected chi connectivity index (χ3v) is 11.8. The molecule has 1 unspecified atom stereocenters. The first-order valence-corrected chi connectivity index (χ1v) is 25.3. The van der Waals surface area contributed by atoms with Crippen LogP contribution in [-0.2, 0) is 28.6 Å². The third-order valence-electron chi connectivity index (χ3n) is 11.8. The van der Waals surface area contributed by atoms with Crippen molar-refractivity contribution in [3.63, 3.8) is 0 Å². The highest BCUT2D eigenvalue weighted by Crippen LogP contribution is 2.18. The largest absolute Gasteiger partial charge is 0.462 e. The molecule has 0 saturated heterocycles. The van der Waals surface area contributed by atoms with Gasteiger partial charge in [0, 0.05) is 19.3 Å². The summed E-state index contributed by atoms with van der Waals surface area (Å²) in [5.74, 6) is 0.864. The topological polar surface area (TPSA) is 78.9 Å². The summed E-state index contributed by atoms with van der Waals surface area (Å²) in [5, 5.41) is 0. The lowest BCUT2D eigenvalue weighted by atomic mass is 9.99. The minimum atomic E-state index is -0.760. The van der Waals surface area contributed by atoms with E-state index in [0.717, 1.165) is 69.6 Å². The summed E-state index contributed by atoms with van der Waals surface area (Å²) in [6.45, 7) is 11.4. The Morgan fingerprint density at radius 3 is 1.00 bits per heavy atom. The van der Waals surface area contributed by atoms with Crippen LogP contribution in [0.1, 0.15) is 279 Å². The lowest BCUT2D eigenvalue weighted by Gasteiger charge is -2.18. The van der Waals surface area contributed by atoms with Crippen LogP contribution in [-0.4, -0.2) is 37.2 Å². The van der Waals surface area contributed by atoms with Crippen molar-refractivity contribution in [1.29, 1.82) is 0 Å². The number of carbonyl (C=O) groups is 3. The first kappa shape index (κ1) is 55.4. The number of ether oxygens (including phenoxy) is 3. The van der Waals surface area contributed by atoms with Crippen molar-refractivity contribution in [2.24, 2.45) is 11.8 Å². The first-order chi connectivity index (χ1) is 27.8. The molecule has 0 aromatic carbocycles. The van der Waals surface area contributed by atoms with E-state index in [0.29, 0.717) is 19.3 Å². The molecule has 6 nitrogen and oxygen atoms in total. The van der Waals surface area contributed by atoms with Gasteiger partial charge in [0.05, 0.1) is 0 Å². The van der Waals surface area contributed by atoms with Gasteiger partial charge in [-0.15, -0.1) is 0 Å². The van der Waals surface area contributed by atoms with Gasteiger partial charge in [-0.05, 0) is 31.1 Å². The maximum Gasteiger partial charge on any atom is 0.306 e. The Labute approximate surface area is 355 Å². The number of hydrogen-bond donors (Lipinski definition) is 0. The molecule has 6 heteroatoms. The van der Waals surface area contributed by atoms with Gasteiger partial charge < -0.3 is 14.2 Å². The molecule has 0 amide bonds. The molecule has 338 valence electrons. The Bertz CT molecular complexity index is 872. The standard InChI is InChI=1S/C51H98O6/c1-6-8-9-10-24-31-36-41-49(52)55-44-48(57-51(54)43-38-33-28-23-19-15-16-20-25-29-34-39-46(3)4)45-56-50(53)42-37-32-27-22-18-14-12-11-13-17-21-26-30-35-40-47(5)7-2/h46-48H,6-45H2,1-5H3/t47?,48-/m0/s1. The van der Waals surface area contributed by atoms with Crippen LogP contribution < -0.4 is 0 Å². The van der Waals surface area contributed by atoms with Crippen molar-refractivity contribution in [2.45, 2.75) is 285 Å². The Morgan fingerprint density at radius 1 is 0.368 bits per heavy atom. The molecule has 0 aromatic rings. The van der Waals surface area contributed by atoms with Gasteiger partial charge in [0.15, 0.2) is 6.10 Å². The molecule has 2 atom stereocenters. The second-order valence-electron chi connectivity index (χ2n) is 18.2. The smallest absolute Gasteiger partial charge is 0.306 e. The van der Waals surface area contributed by atoms with Crippen LogP contribution >= 0.6 is 0 Å². The first-order valence-electron chi connectivity index (χ1n) is 25.3. The summed E-state index contributed by atoms with van der Waals surface area (Å²) in [6.07, 6.45) is 43.8. The van der Waals surface area contributed by atoms with Gasteiger partial charge in [0.2, 0.25) is 0 Å². The second-order valence-corrected chi connectivity index (χ2v) is 18.2. The highest BCUT2D eigenvalue weighted by molar-refractivity contribution is 5.71. The second kappa shape index (κ2) is 44.0. The van der Waals surface area contributed by atoms with Gasteiger partial charge >= 0.3 is 17.9 Å². The molecule has 0 spiro atoms. The van der Waals surface area contributed by atoms with Crippen LogP contribution in [0.2, 0.25) is 0 Å². The van der Waals surface area contributed by atoms with Gasteiger partial charge in [-0.3, -0.25) is 14.4 Å². The molecule has 0 aliphatic carbocycles. The molecule has 57 heavy (non-hydrogen) atoms. The van der Waals surface area contributed by atoms with Gasteiger partial charge in [0.25, 0.3) is 0 Å². The summed E-state index contributed by atoms with van der Waals surface area (Å²) in [4.78, 5) is 37.7. The van der Waals surface area contributed by atoms with E-state index in [9.17, 15) is 14.4 Å². The van der Waals surface area contributed by atoms with Crippen LogP contribution in [0.15, 0.2) is 0 Å². The van der Waals surface area contributed by atoms with Gasteiger partial charge in [-0.25, -0.2) is 0 Å². The molecule has 0 fully saturated rings. The Hall–Kier alpha value is -1.59. The van der Waals surface area contributed by atoms with Crippen molar-refractivity contribution in [3.05, 3.63) is 0 Å². The molecular formula is C51H98O6. The molecular weight excluding hydrogens is 709 g/mol. The van der Waals surface area contributed by atoms with Crippen molar-refractivity contribution in [2.75, 3.05) is 13.2 Å². The van der Waals surface area contributed by atoms with Crippen LogP contribution in [0.3, 0.4) is 0 Å². The summed E-state index contributed by atoms with van der Waals surface area (Å²) in [6, 6.07) is 0. The van der Waals surface area contributed by atoms with Crippen molar-refractivity contribution in [1.82, 2.24) is 0 Å². The number of rotatable bonds is 45. The fourth-order valence-corrected chi connectivity index (χ4v) is 7.60. The molecule has 0 rings (SSSR count). The molecule has 0 N–H and O–H groups in total. The molecule has 0 aliphatic rings. The molecule has 0 bridgehead atoms. The van der Waals surface area contributed by atoms with Crippen molar-refractivity contribution < 1.29 is 28.6 Å². The Balaban J connectivity index is 4.20. The zero-order valence-electron chi connectivity index (χ0n) is 39.0. The lowest BCUT2D eigenvalue weighted by molar-refractivity contribution is -0.167. The van der Waals surface area contributed by atoms with E-state index >= 15 is 0 Å². The molecule has 0 saturated carbocycles. The van der Waals surface area contributed by atoms with E-state index in [4.69, 9.17) is 14.2 Å². The van der Waals surface area contributed by atoms with Crippen LogP contribution in [0.4, 0.5) is 0 Å². The predicted molar refractivity (Wildman–Crippen MR) is 243 cm³/mol. The lowest BCUT2D eigenvalue weighted by Crippen LogP contribution is -2.30. The van der Waals surface area contributed by atoms with Gasteiger partial charge in [0.1, 0.15) is 13.2 Å². The van der Waals surface area contributed by atoms with E-state index in [1.54, 1.807) is 0 Å². The number of esters is 3. The summed E-state index contributed by atoms with van der Waals surface area (Å²) < 4.78 is 16.7. The van der Waals surface area contributed by atoms with Crippen LogP contribution in [0.5, 0.6) is 0 Å². The normalized spacial score (nSPS) is 12.5. The average molecular weight is 807 g/mol. The molecule has 0 heterocycles. The van der Waals surface area contributed by atoms with Gasteiger partial charge in [-0.1, -0.05) is 240 Å². The van der Waals surface area contributed by atoms with E-state index in [1.165, 1.54) is 167 Å². The van der Waals surface area contributed by atoms with Crippen molar-refractivity contribution >= 4 is 17.9 Å². The van der Waals surface area contributed by atoms with Crippen LogP contribution in [0.25, 0.3) is 0 Å². The maximum absolute atomic E-state index is 12.7. The summed E-state index contributed by atoms with van der Waals surface area (Å²) in [5.41, 5.74) is 0. The number of hydrogen-bond acceptors (Lipinski definition) is 6. The highest BCUT2D eigenvalue weighted by atomic mass is 16.6. The minimum Gasteiger partial charge on any atom is -0.462 e. The number of unbranched alkanes of at least 4 members (excludes halogenated alkanes) is 29. The summed E-state index contributed by atoms with van der Waals surface area (Å²) in [7, 11) is 0. The van der Waals surface area contributed by atoms with E-state index in [2.05, 4.69) is 34.6 Å².